The van der Waals surface area contributed by atoms with Crippen LogP contribution in [0.4, 0.5) is 0 Å². The minimum Gasteiger partial charge on any atom is -0.392 e. The minimum atomic E-state index is -0.498. The zero-order valence-corrected chi connectivity index (χ0v) is 19.0. The maximum Gasteiger partial charge on any atom is 0.0761 e. The number of aliphatic hydroxyl groups is 2. The molecule has 1 saturated carbocycles. The number of allylic oxidation sites excluding steroid dienone is 1. The van der Waals surface area contributed by atoms with E-state index in [4.69, 9.17) is 0 Å². The molecule has 0 bridgehead atoms. The van der Waals surface area contributed by atoms with E-state index in [0.29, 0.717) is 18.3 Å². The molecule has 0 spiro atoms. The Labute approximate surface area is 188 Å². The fourth-order valence-electron chi connectivity index (χ4n) is 5.81. The molecule has 3 N–H and O–H groups in total. The van der Waals surface area contributed by atoms with E-state index < -0.39 is 6.10 Å². The summed E-state index contributed by atoms with van der Waals surface area (Å²) in [5, 5.41) is 24.7. The number of aryl methyl sites for hydroxylation is 1. The SMILES string of the molecule is Cc1cccc(C[C@H](O)/C=C/[C@@H]2[C@H]3CC(CCNCCN4CCCC4)=C[C@H]3C[C@H]2O)c1. The van der Waals surface area contributed by atoms with E-state index in [0.717, 1.165) is 37.9 Å². The molecule has 5 atom stereocenters. The van der Waals surface area contributed by atoms with Gasteiger partial charge < -0.3 is 20.4 Å². The average Bonchev–Trinajstić information content (AvgIpc) is 3.43. The second-order valence-electron chi connectivity index (χ2n) is 9.93. The van der Waals surface area contributed by atoms with Gasteiger partial charge >= 0.3 is 0 Å². The van der Waals surface area contributed by atoms with Gasteiger partial charge in [-0.3, -0.25) is 0 Å². The van der Waals surface area contributed by atoms with Crippen LogP contribution in [0, 0.1) is 24.7 Å². The normalized spacial score (nSPS) is 29.6. The Morgan fingerprint density at radius 2 is 2.06 bits per heavy atom. The first-order valence-electron chi connectivity index (χ1n) is 12.3. The monoisotopic (exact) mass is 424 g/mol. The predicted molar refractivity (Wildman–Crippen MR) is 127 cm³/mol. The molecule has 4 nitrogen and oxygen atoms in total. The smallest absolute Gasteiger partial charge is 0.0761 e. The van der Waals surface area contributed by atoms with Crippen LogP contribution in [-0.4, -0.2) is 60.0 Å². The van der Waals surface area contributed by atoms with Crippen LogP contribution in [0.1, 0.15) is 43.2 Å². The highest BCUT2D eigenvalue weighted by atomic mass is 16.3. The van der Waals surface area contributed by atoms with E-state index >= 15 is 0 Å². The molecule has 31 heavy (non-hydrogen) atoms. The zero-order chi connectivity index (χ0) is 21.6. The minimum absolute atomic E-state index is 0.161. The molecule has 1 saturated heterocycles. The van der Waals surface area contributed by atoms with E-state index in [1.165, 1.54) is 38.0 Å². The second-order valence-corrected chi connectivity index (χ2v) is 9.93. The Morgan fingerprint density at radius 1 is 1.23 bits per heavy atom. The van der Waals surface area contributed by atoms with Crippen LogP contribution in [0.5, 0.6) is 0 Å². The summed E-state index contributed by atoms with van der Waals surface area (Å²) in [5.41, 5.74) is 3.93. The van der Waals surface area contributed by atoms with E-state index in [9.17, 15) is 10.2 Å². The van der Waals surface area contributed by atoms with Crippen LogP contribution >= 0.6 is 0 Å². The van der Waals surface area contributed by atoms with Gasteiger partial charge in [-0.25, -0.2) is 0 Å². The summed E-state index contributed by atoms with van der Waals surface area (Å²) in [5.74, 6) is 1.16. The van der Waals surface area contributed by atoms with Gasteiger partial charge in [0.1, 0.15) is 0 Å². The molecule has 3 aliphatic rings. The first kappa shape index (κ1) is 22.7. The number of nitrogens with one attached hydrogen (secondary N) is 1. The van der Waals surface area contributed by atoms with E-state index in [-0.39, 0.29) is 12.0 Å². The summed E-state index contributed by atoms with van der Waals surface area (Å²) in [7, 11) is 0. The van der Waals surface area contributed by atoms with Crippen molar-refractivity contribution in [2.75, 3.05) is 32.7 Å². The molecule has 0 aromatic heterocycles. The fraction of sp³-hybridized carbons (Fsp3) is 0.630. The van der Waals surface area contributed by atoms with Crippen LogP contribution in [0.25, 0.3) is 0 Å². The van der Waals surface area contributed by atoms with Gasteiger partial charge in [-0.1, -0.05) is 53.6 Å². The fourth-order valence-corrected chi connectivity index (χ4v) is 5.81. The molecule has 1 aliphatic heterocycles. The lowest BCUT2D eigenvalue weighted by Crippen LogP contribution is -2.30. The summed E-state index contributed by atoms with van der Waals surface area (Å²) < 4.78 is 0. The van der Waals surface area contributed by atoms with Gasteiger partial charge in [0.2, 0.25) is 0 Å². The van der Waals surface area contributed by atoms with Crippen molar-refractivity contribution in [2.24, 2.45) is 17.8 Å². The first-order valence-corrected chi connectivity index (χ1v) is 12.3. The van der Waals surface area contributed by atoms with Crippen LogP contribution in [0.15, 0.2) is 48.1 Å². The molecule has 1 aromatic rings. The molecule has 2 aliphatic carbocycles. The van der Waals surface area contributed by atoms with E-state index in [1.807, 2.05) is 12.1 Å². The van der Waals surface area contributed by atoms with Crippen molar-refractivity contribution in [2.45, 2.75) is 57.7 Å². The molecule has 0 unspecified atom stereocenters. The number of nitrogens with zero attached hydrogens (tertiary/aromatic N) is 1. The lowest BCUT2D eigenvalue weighted by atomic mass is 9.88. The highest BCUT2D eigenvalue weighted by Crippen LogP contribution is 2.47. The van der Waals surface area contributed by atoms with Gasteiger partial charge in [0.15, 0.2) is 0 Å². The van der Waals surface area contributed by atoms with Crippen LogP contribution in [0.2, 0.25) is 0 Å². The lowest BCUT2D eigenvalue weighted by Gasteiger charge is -2.19. The number of fused-ring (bicyclic) bond motifs is 1. The third-order valence-electron chi connectivity index (χ3n) is 7.46. The zero-order valence-electron chi connectivity index (χ0n) is 19.0. The van der Waals surface area contributed by atoms with Crippen LogP contribution < -0.4 is 5.32 Å². The van der Waals surface area contributed by atoms with Crippen molar-refractivity contribution in [1.82, 2.24) is 10.2 Å². The van der Waals surface area contributed by atoms with Gasteiger partial charge in [-0.2, -0.15) is 0 Å². The predicted octanol–water partition coefficient (Wildman–Crippen LogP) is 3.47. The molecule has 1 aromatic carbocycles. The summed E-state index contributed by atoms with van der Waals surface area (Å²) in [6, 6.07) is 8.31. The molecular formula is C27H40N2O2. The second kappa shape index (κ2) is 10.9. The number of likely N-dealkylation sites (tertiary alicyclic amines) is 1. The number of aliphatic hydroxyl groups excluding tert-OH is 2. The van der Waals surface area contributed by atoms with Gasteiger partial charge in [-0.05, 0) is 76.1 Å². The van der Waals surface area contributed by atoms with Crippen molar-refractivity contribution in [3.8, 4) is 0 Å². The highest BCUT2D eigenvalue weighted by Gasteiger charge is 2.43. The molecule has 170 valence electrons. The van der Waals surface area contributed by atoms with Gasteiger partial charge in [0.05, 0.1) is 12.2 Å². The molecule has 1 heterocycles. The molecule has 4 heteroatoms. The number of rotatable bonds is 10. The van der Waals surface area contributed by atoms with Crippen LogP contribution in [0.3, 0.4) is 0 Å². The topological polar surface area (TPSA) is 55.7 Å². The highest BCUT2D eigenvalue weighted by molar-refractivity contribution is 5.24. The quantitative estimate of drug-likeness (QED) is 0.398. The Balaban J connectivity index is 1.20. The third-order valence-corrected chi connectivity index (χ3v) is 7.46. The molecule has 2 fully saturated rings. The molecule has 0 radical (unpaired) electrons. The lowest BCUT2D eigenvalue weighted by molar-refractivity contribution is 0.140. The standard InChI is InChI=1S/C27H40N2O2/c1-20-5-4-6-21(15-20)17-24(30)7-8-25-26-18-22(16-23(26)19-27(25)31)9-10-28-11-14-29-12-2-3-13-29/h4-8,15-16,23-28,30-31H,2-3,9-14,17-19H2,1H3/b8-7+/t23-,24+,25+,26-,27+/m0/s1. The number of hydrogen-bond donors (Lipinski definition) is 3. The largest absolute Gasteiger partial charge is 0.392 e. The Kier molecular flexibility index (Phi) is 8.00. The maximum absolute atomic E-state index is 10.6. The van der Waals surface area contributed by atoms with Crippen molar-refractivity contribution in [3.05, 3.63) is 59.2 Å². The molecule has 0 amide bonds. The average molecular weight is 425 g/mol. The number of hydrogen-bond acceptors (Lipinski definition) is 4. The third kappa shape index (κ3) is 6.29. The summed E-state index contributed by atoms with van der Waals surface area (Å²) in [6.45, 7) is 7.93. The van der Waals surface area contributed by atoms with Crippen molar-refractivity contribution < 1.29 is 10.2 Å². The molecular weight excluding hydrogens is 384 g/mol. The van der Waals surface area contributed by atoms with Gasteiger partial charge in [0, 0.05) is 25.4 Å². The Bertz CT molecular complexity index is 768. The molecule has 4 rings (SSSR count). The van der Waals surface area contributed by atoms with E-state index in [1.54, 1.807) is 5.57 Å². The van der Waals surface area contributed by atoms with Crippen molar-refractivity contribution in [1.29, 1.82) is 0 Å². The van der Waals surface area contributed by atoms with Gasteiger partial charge in [0.25, 0.3) is 0 Å². The van der Waals surface area contributed by atoms with Gasteiger partial charge in [-0.15, -0.1) is 0 Å². The first-order chi connectivity index (χ1) is 15.1. The van der Waals surface area contributed by atoms with E-state index in [2.05, 4.69) is 47.5 Å². The maximum atomic E-state index is 10.6. The Hall–Kier alpha value is -1.46. The van der Waals surface area contributed by atoms with Crippen LogP contribution in [-0.2, 0) is 6.42 Å². The number of benzene rings is 1. The summed E-state index contributed by atoms with van der Waals surface area (Å²) in [4.78, 5) is 2.55. The van der Waals surface area contributed by atoms with Crippen molar-refractivity contribution in [3.63, 3.8) is 0 Å². The Morgan fingerprint density at radius 3 is 2.87 bits per heavy atom. The summed E-state index contributed by atoms with van der Waals surface area (Å²) >= 11 is 0. The van der Waals surface area contributed by atoms with Crippen molar-refractivity contribution >= 4 is 0 Å². The summed E-state index contributed by atoms with van der Waals surface area (Å²) in [6.07, 6.45) is 12.1.